The molecule has 1 heterocycles. The lowest BCUT2D eigenvalue weighted by atomic mass is 10.1. The van der Waals surface area contributed by atoms with Crippen molar-refractivity contribution in [3.8, 4) is 0 Å². The molecule has 0 unspecified atom stereocenters. The zero-order valence-corrected chi connectivity index (χ0v) is 18.1. The molecule has 1 aliphatic rings. The SMILES string of the molecule is CN=C(NCc1ccc(C(N)=O)cc1)N1CCN(c2ccc(F)cc2)CC1.I. The summed E-state index contributed by atoms with van der Waals surface area (Å²) in [5.41, 5.74) is 7.85. The van der Waals surface area contributed by atoms with Gasteiger partial charge in [0, 0.05) is 51.0 Å². The highest BCUT2D eigenvalue weighted by Crippen LogP contribution is 2.17. The van der Waals surface area contributed by atoms with Crippen LogP contribution < -0.4 is 16.0 Å². The number of halogens is 2. The Morgan fingerprint density at radius 3 is 2.21 bits per heavy atom. The molecule has 3 rings (SSSR count). The number of carbonyl (C=O) groups is 1. The topological polar surface area (TPSA) is 74.0 Å². The summed E-state index contributed by atoms with van der Waals surface area (Å²) in [5.74, 6) is 0.197. The van der Waals surface area contributed by atoms with Crippen molar-refractivity contribution in [1.29, 1.82) is 0 Å². The summed E-state index contributed by atoms with van der Waals surface area (Å²) >= 11 is 0. The molecule has 0 aromatic heterocycles. The van der Waals surface area contributed by atoms with Crippen molar-refractivity contribution < 1.29 is 9.18 Å². The quantitative estimate of drug-likeness (QED) is 0.387. The van der Waals surface area contributed by atoms with Crippen molar-refractivity contribution in [2.24, 2.45) is 10.7 Å². The van der Waals surface area contributed by atoms with Crippen molar-refractivity contribution in [2.45, 2.75) is 6.54 Å². The van der Waals surface area contributed by atoms with E-state index in [9.17, 15) is 9.18 Å². The minimum absolute atomic E-state index is 0. The number of hydrogen-bond donors (Lipinski definition) is 2. The Hall–Kier alpha value is -2.36. The van der Waals surface area contributed by atoms with Crippen molar-refractivity contribution in [3.05, 3.63) is 65.5 Å². The third-order valence-corrected chi connectivity index (χ3v) is 4.67. The maximum absolute atomic E-state index is 13.1. The summed E-state index contributed by atoms with van der Waals surface area (Å²) in [6, 6.07) is 13.8. The summed E-state index contributed by atoms with van der Waals surface area (Å²) in [4.78, 5) is 20.0. The number of piperazine rings is 1. The summed E-state index contributed by atoms with van der Waals surface area (Å²) in [7, 11) is 1.77. The monoisotopic (exact) mass is 497 g/mol. The van der Waals surface area contributed by atoms with Gasteiger partial charge in [0.25, 0.3) is 0 Å². The molecule has 1 fully saturated rings. The number of rotatable bonds is 4. The van der Waals surface area contributed by atoms with Crippen LogP contribution in [0.2, 0.25) is 0 Å². The van der Waals surface area contributed by atoms with E-state index in [2.05, 4.69) is 20.1 Å². The Kier molecular flexibility index (Phi) is 8.04. The van der Waals surface area contributed by atoms with E-state index in [4.69, 9.17) is 5.73 Å². The first kappa shape index (κ1) is 21.9. The summed E-state index contributed by atoms with van der Waals surface area (Å²) in [6.07, 6.45) is 0. The number of primary amides is 1. The van der Waals surface area contributed by atoms with Crippen LogP contribution in [0.4, 0.5) is 10.1 Å². The number of amides is 1. The predicted molar refractivity (Wildman–Crippen MR) is 121 cm³/mol. The van der Waals surface area contributed by atoms with E-state index in [1.807, 2.05) is 24.3 Å². The Labute approximate surface area is 181 Å². The Morgan fingerprint density at radius 2 is 1.68 bits per heavy atom. The van der Waals surface area contributed by atoms with Crippen LogP contribution in [0.5, 0.6) is 0 Å². The second kappa shape index (κ2) is 10.3. The van der Waals surface area contributed by atoms with Gasteiger partial charge in [0.05, 0.1) is 0 Å². The molecule has 28 heavy (non-hydrogen) atoms. The van der Waals surface area contributed by atoms with Crippen molar-refractivity contribution >= 4 is 41.5 Å². The van der Waals surface area contributed by atoms with Crippen LogP contribution in [-0.2, 0) is 6.54 Å². The van der Waals surface area contributed by atoms with Crippen LogP contribution in [0, 0.1) is 5.82 Å². The molecule has 0 spiro atoms. The van der Waals surface area contributed by atoms with Gasteiger partial charge in [-0.15, -0.1) is 24.0 Å². The highest BCUT2D eigenvalue weighted by atomic mass is 127. The fourth-order valence-corrected chi connectivity index (χ4v) is 3.13. The normalized spacial score (nSPS) is 14.4. The first-order valence-corrected chi connectivity index (χ1v) is 8.91. The molecule has 1 amide bonds. The number of aliphatic imine (C=N–C) groups is 1. The molecule has 0 aliphatic carbocycles. The molecule has 2 aromatic carbocycles. The van der Waals surface area contributed by atoms with Crippen LogP contribution >= 0.6 is 24.0 Å². The van der Waals surface area contributed by atoms with Crippen molar-refractivity contribution in [3.63, 3.8) is 0 Å². The zero-order chi connectivity index (χ0) is 19.2. The van der Waals surface area contributed by atoms with Gasteiger partial charge in [-0.3, -0.25) is 9.79 Å². The van der Waals surface area contributed by atoms with Crippen molar-refractivity contribution in [2.75, 3.05) is 38.1 Å². The summed E-state index contributed by atoms with van der Waals surface area (Å²) in [5, 5.41) is 3.36. The molecular weight excluding hydrogens is 472 g/mol. The van der Waals surface area contributed by atoms with Gasteiger partial charge >= 0.3 is 0 Å². The van der Waals surface area contributed by atoms with Crippen LogP contribution in [0.1, 0.15) is 15.9 Å². The van der Waals surface area contributed by atoms with Crippen LogP contribution in [-0.4, -0.2) is 50.0 Å². The van der Waals surface area contributed by atoms with E-state index >= 15 is 0 Å². The minimum atomic E-state index is -0.427. The summed E-state index contributed by atoms with van der Waals surface area (Å²) in [6.45, 7) is 3.97. The lowest BCUT2D eigenvalue weighted by Gasteiger charge is -2.37. The number of nitrogens with one attached hydrogen (secondary N) is 1. The number of hydrogen-bond acceptors (Lipinski definition) is 3. The molecule has 150 valence electrons. The van der Waals surface area contributed by atoms with Crippen molar-refractivity contribution in [1.82, 2.24) is 10.2 Å². The Morgan fingerprint density at radius 1 is 1.07 bits per heavy atom. The number of carbonyl (C=O) groups excluding carboxylic acids is 1. The number of nitrogens with zero attached hydrogens (tertiary/aromatic N) is 3. The average molecular weight is 497 g/mol. The van der Waals surface area contributed by atoms with Gasteiger partial charge in [0.15, 0.2) is 5.96 Å². The van der Waals surface area contributed by atoms with E-state index < -0.39 is 5.91 Å². The molecule has 0 bridgehead atoms. The first-order valence-electron chi connectivity index (χ1n) is 8.91. The van der Waals surface area contributed by atoms with Gasteiger partial charge in [-0.05, 0) is 42.0 Å². The standard InChI is InChI=1S/C20H24FN5O.HI/c1-23-20(24-14-15-2-4-16(5-3-15)19(22)27)26-12-10-25(11-13-26)18-8-6-17(21)7-9-18;/h2-9H,10-14H2,1H3,(H2,22,27)(H,23,24);1H. The molecule has 6 nitrogen and oxygen atoms in total. The van der Waals surface area contributed by atoms with E-state index in [1.165, 1.54) is 12.1 Å². The molecule has 0 radical (unpaired) electrons. The Balaban J connectivity index is 0.00000280. The molecule has 0 atom stereocenters. The Bertz CT molecular complexity index is 802. The summed E-state index contributed by atoms with van der Waals surface area (Å²) < 4.78 is 13.1. The molecular formula is C20H25FIN5O. The van der Waals surface area contributed by atoms with Crippen LogP contribution in [0.3, 0.4) is 0 Å². The van der Waals surface area contributed by atoms with Gasteiger partial charge in [-0.25, -0.2) is 4.39 Å². The zero-order valence-electron chi connectivity index (χ0n) is 15.8. The number of nitrogens with two attached hydrogens (primary N) is 1. The minimum Gasteiger partial charge on any atom is -0.368 e. The molecule has 1 aliphatic heterocycles. The molecule has 2 aromatic rings. The average Bonchev–Trinajstić information content (AvgIpc) is 2.70. The maximum atomic E-state index is 13.1. The number of benzene rings is 2. The number of anilines is 1. The second-order valence-electron chi connectivity index (χ2n) is 6.41. The predicted octanol–water partition coefficient (Wildman–Crippen LogP) is 2.44. The van der Waals surface area contributed by atoms with E-state index in [0.29, 0.717) is 12.1 Å². The van der Waals surface area contributed by atoms with E-state index in [-0.39, 0.29) is 29.8 Å². The lowest BCUT2D eigenvalue weighted by molar-refractivity contribution is 0.100. The number of guanidine groups is 1. The third kappa shape index (κ3) is 5.57. The highest BCUT2D eigenvalue weighted by molar-refractivity contribution is 14.0. The van der Waals surface area contributed by atoms with E-state index in [1.54, 1.807) is 19.2 Å². The molecule has 0 saturated carbocycles. The molecule has 1 saturated heterocycles. The smallest absolute Gasteiger partial charge is 0.248 e. The van der Waals surface area contributed by atoms with E-state index in [0.717, 1.165) is 43.4 Å². The van der Waals surface area contributed by atoms with Crippen LogP contribution in [0.25, 0.3) is 0 Å². The van der Waals surface area contributed by atoms with Gasteiger partial charge in [0.1, 0.15) is 5.82 Å². The highest BCUT2D eigenvalue weighted by Gasteiger charge is 2.19. The second-order valence-corrected chi connectivity index (χ2v) is 6.41. The molecule has 3 N–H and O–H groups in total. The van der Waals surface area contributed by atoms with Gasteiger partial charge in [-0.2, -0.15) is 0 Å². The van der Waals surface area contributed by atoms with Gasteiger partial charge in [-0.1, -0.05) is 12.1 Å². The van der Waals surface area contributed by atoms with Gasteiger partial charge in [0.2, 0.25) is 5.91 Å². The third-order valence-electron chi connectivity index (χ3n) is 4.67. The lowest BCUT2D eigenvalue weighted by Crippen LogP contribution is -2.52. The fourth-order valence-electron chi connectivity index (χ4n) is 3.13. The maximum Gasteiger partial charge on any atom is 0.248 e. The first-order chi connectivity index (χ1) is 13.1. The fraction of sp³-hybridized carbons (Fsp3) is 0.300. The van der Waals surface area contributed by atoms with Gasteiger partial charge < -0.3 is 20.9 Å². The largest absolute Gasteiger partial charge is 0.368 e. The van der Waals surface area contributed by atoms with Crippen LogP contribution in [0.15, 0.2) is 53.5 Å². The molecule has 8 heteroatoms.